The van der Waals surface area contributed by atoms with E-state index in [1.165, 1.54) is 24.4 Å². The number of nitrogens with zero attached hydrogens (tertiary/aromatic N) is 2. The maximum absolute atomic E-state index is 11.9. The van der Waals surface area contributed by atoms with Crippen molar-refractivity contribution in [3.63, 3.8) is 0 Å². The number of nitro groups is 1. The first-order valence-electron chi connectivity index (χ1n) is 5.34. The smallest absolute Gasteiger partial charge is 0.276 e. The normalized spacial score (nSPS) is 9.89. The van der Waals surface area contributed by atoms with E-state index in [1.807, 2.05) is 0 Å². The highest BCUT2D eigenvalue weighted by Crippen LogP contribution is 2.18. The highest BCUT2D eigenvalue weighted by Gasteiger charge is 2.12. The van der Waals surface area contributed by atoms with Crippen LogP contribution in [-0.4, -0.2) is 15.8 Å². The van der Waals surface area contributed by atoms with Crippen LogP contribution >= 0.6 is 0 Å². The van der Waals surface area contributed by atoms with Crippen molar-refractivity contribution in [3.8, 4) is 0 Å². The number of benzene rings is 1. The molecule has 0 radical (unpaired) electrons. The zero-order valence-corrected chi connectivity index (χ0v) is 9.74. The molecule has 0 unspecified atom stereocenters. The van der Waals surface area contributed by atoms with E-state index in [4.69, 9.17) is 5.73 Å². The lowest BCUT2D eigenvalue weighted by atomic mass is 10.2. The molecule has 3 N–H and O–H groups in total. The largest absolute Gasteiger partial charge is 0.397 e. The molecule has 1 aromatic carbocycles. The van der Waals surface area contributed by atoms with Gasteiger partial charge in [-0.1, -0.05) is 6.07 Å². The third-order valence-corrected chi connectivity index (χ3v) is 2.37. The summed E-state index contributed by atoms with van der Waals surface area (Å²) in [5.41, 5.74) is 6.15. The third-order valence-electron chi connectivity index (χ3n) is 2.37. The number of carbonyl (C=O) groups is 1. The molecule has 0 saturated carbocycles. The number of rotatable bonds is 3. The first-order chi connectivity index (χ1) is 9.08. The number of hydrogen-bond donors (Lipinski definition) is 2. The molecule has 1 aromatic heterocycles. The number of amides is 1. The molecule has 19 heavy (non-hydrogen) atoms. The van der Waals surface area contributed by atoms with E-state index in [0.29, 0.717) is 5.69 Å². The second kappa shape index (κ2) is 5.13. The van der Waals surface area contributed by atoms with Crippen LogP contribution in [0.15, 0.2) is 42.6 Å². The lowest BCUT2D eigenvalue weighted by Crippen LogP contribution is -2.15. The van der Waals surface area contributed by atoms with Crippen LogP contribution in [0.4, 0.5) is 17.1 Å². The van der Waals surface area contributed by atoms with Gasteiger partial charge in [0.05, 0.1) is 10.6 Å². The summed E-state index contributed by atoms with van der Waals surface area (Å²) in [6.07, 6.45) is 1.44. The summed E-state index contributed by atoms with van der Waals surface area (Å²) in [7, 11) is 0. The number of nitrogens with two attached hydrogens (primary N) is 1. The Morgan fingerprint density at radius 3 is 2.79 bits per heavy atom. The van der Waals surface area contributed by atoms with Crippen LogP contribution in [0.1, 0.15) is 10.5 Å². The molecule has 1 amide bonds. The molecule has 2 aromatic rings. The van der Waals surface area contributed by atoms with Gasteiger partial charge in [0, 0.05) is 24.0 Å². The Kier molecular flexibility index (Phi) is 3.37. The standard InChI is InChI=1S/C12H10N4O3/c13-10-5-2-6-14-11(10)12(17)15-8-3-1-4-9(7-8)16(18)19/h1-7H,13H2,(H,15,17). The number of nitro benzene ring substituents is 1. The summed E-state index contributed by atoms with van der Waals surface area (Å²) < 4.78 is 0. The lowest BCUT2D eigenvalue weighted by Gasteiger charge is -2.06. The quantitative estimate of drug-likeness (QED) is 0.644. The predicted octanol–water partition coefficient (Wildman–Crippen LogP) is 1.82. The van der Waals surface area contributed by atoms with Crippen LogP contribution in [-0.2, 0) is 0 Å². The Labute approximate surface area is 108 Å². The molecule has 0 spiro atoms. The lowest BCUT2D eigenvalue weighted by molar-refractivity contribution is -0.384. The number of pyridine rings is 1. The van der Waals surface area contributed by atoms with Gasteiger partial charge in [-0.2, -0.15) is 0 Å². The molecule has 0 saturated heterocycles. The van der Waals surface area contributed by atoms with Gasteiger partial charge in [0.15, 0.2) is 5.69 Å². The summed E-state index contributed by atoms with van der Waals surface area (Å²) in [4.78, 5) is 25.8. The average Bonchev–Trinajstić information content (AvgIpc) is 2.39. The van der Waals surface area contributed by atoms with Crippen molar-refractivity contribution in [2.75, 3.05) is 11.1 Å². The van der Waals surface area contributed by atoms with E-state index >= 15 is 0 Å². The monoisotopic (exact) mass is 258 g/mol. The molecule has 2 rings (SSSR count). The van der Waals surface area contributed by atoms with Crippen LogP contribution in [0.25, 0.3) is 0 Å². The van der Waals surface area contributed by atoms with Gasteiger partial charge in [-0.25, -0.2) is 4.98 Å². The van der Waals surface area contributed by atoms with Crippen molar-refractivity contribution in [1.82, 2.24) is 4.98 Å². The number of hydrogen-bond acceptors (Lipinski definition) is 5. The van der Waals surface area contributed by atoms with Crippen LogP contribution in [0, 0.1) is 10.1 Å². The molecular weight excluding hydrogens is 248 g/mol. The first kappa shape index (κ1) is 12.5. The Bertz CT molecular complexity index is 642. The molecule has 0 aliphatic rings. The zero-order valence-electron chi connectivity index (χ0n) is 9.74. The number of nitrogens with one attached hydrogen (secondary N) is 1. The topological polar surface area (TPSA) is 111 Å². The highest BCUT2D eigenvalue weighted by molar-refractivity contribution is 6.06. The second-order valence-corrected chi connectivity index (χ2v) is 3.70. The Hall–Kier alpha value is -2.96. The maximum Gasteiger partial charge on any atom is 0.276 e. The van der Waals surface area contributed by atoms with Gasteiger partial charge in [-0.05, 0) is 18.2 Å². The van der Waals surface area contributed by atoms with Gasteiger partial charge in [0.1, 0.15) is 0 Å². The van der Waals surface area contributed by atoms with Crippen LogP contribution in [0.3, 0.4) is 0 Å². The van der Waals surface area contributed by atoms with E-state index in [9.17, 15) is 14.9 Å². The Morgan fingerprint density at radius 2 is 2.11 bits per heavy atom. The fourth-order valence-corrected chi connectivity index (χ4v) is 1.49. The van der Waals surface area contributed by atoms with Gasteiger partial charge in [-0.15, -0.1) is 0 Å². The van der Waals surface area contributed by atoms with Crippen LogP contribution in [0.5, 0.6) is 0 Å². The SMILES string of the molecule is Nc1cccnc1C(=O)Nc1cccc([N+](=O)[O-])c1. The van der Waals surface area contributed by atoms with Gasteiger partial charge in [0.25, 0.3) is 11.6 Å². The zero-order chi connectivity index (χ0) is 13.8. The summed E-state index contributed by atoms with van der Waals surface area (Å²) in [6.45, 7) is 0. The second-order valence-electron chi connectivity index (χ2n) is 3.70. The van der Waals surface area contributed by atoms with Gasteiger partial charge >= 0.3 is 0 Å². The van der Waals surface area contributed by atoms with Gasteiger partial charge < -0.3 is 11.1 Å². The van der Waals surface area contributed by atoms with Crippen molar-refractivity contribution in [2.24, 2.45) is 0 Å². The summed E-state index contributed by atoms with van der Waals surface area (Å²) in [6, 6.07) is 8.79. The number of aromatic nitrogens is 1. The average molecular weight is 258 g/mol. The fraction of sp³-hybridized carbons (Fsp3) is 0. The van der Waals surface area contributed by atoms with Crippen molar-refractivity contribution < 1.29 is 9.72 Å². The van der Waals surface area contributed by atoms with E-state index in [2.05, 4.69) is 10.3 Å². The Morgan fingerprint density at radius 1 is 1.32 bits per heavy atom. The molecule has 0 aliphatic carbocycles. The number of carbonyl (C=O) groups excluding carboxylic acids is 1. The van der Waals surface area contributed by atoms with E-state index in [0.717, 1.165) is 0 Å². The minimum atomic E-state index is -0.537. The van der Waals surface area contributed by atoms with Crippen molar-refractivity contribution in [3.05, 3.63) is 58.4 Å². The van der Waals surface area contributed by atoms with Crippen molar-refractivity contribution >= 4 is 23.0 Å². The number of non-ortho nitro benzene ring substituents is 1. The molecule has 0 bridgehead atoms. The van der Waals surface area contributed by atoms with E-state index in [-0.39, 0.29) is 17.1 Å². The molecule has 1 heterocycles. The maximum atomic E-state index is 11.9. The van der Waals surface area contributed by atoms with E-state index in [1.54, 1.807) is 18.2 Å². The van der Waals surface area contributed by atoms with Gasteiger partial charge in [0.2, 0.25) is 0 Å². The Balaban J connectivity index is 2.22. The van der Waals surface area contributed by atoms with Gasteiger partial charge in [-0.3, -0.25) is 14.9 Å². The highest BCUT2D eigenvalue weighted by atomic mass is 16.6. The van der Waals surface area contributed by atoms with Crippen LogP contribution in [0.2, 0.25) is 0 Å². The number of nitrogen functional groups attached to an aromatic ring is 1. The third kappa shape index (κ3) is 2.83. The van der Waals surface area contributed by atoms with Crippen molar-refractivity contribution in [1.29, 1.82) is 0 Å². The summed E-state index contributed by atoms with van der Waals surface area (Å²) in [5.74, 6) is -0.515. The molecule has 96 valence electrons. The molecule has 0 aliphatic heterocycles. The number of anilines is 2. The molecular formula is C12H10N4O3. The molecule has 0 atom stereocenters. The summed E-state index contributed by atoms with van der Waals surface area (Å²) >= 11 is 0. The molecule has 0 fully saturated rings. The van der Waals surface area contributed by atoms with Crippen molar-refractivity contribution in [2.45, 2.75) is 0 Å². The molecule has 7 nitrogen and oxygen atoms in total. The first-order valence-corrected chi connectivity index (χ1v) is 5.34. The summed E-state index contributed by atoms with van der Waals surface area (Å²) in [5, 5.41) is 13.1. The minimum Gasteiger partial charge on any atom is -0.397 e. The fourth-order valence-electron chi connectivity index (χ4n) is 1.49. The molecule has 7 heteroatoms. The predicted molar refractivity (Wildman–Crippen MR) is 69.7 cm³/mol. The van der Waals surface area contributed by atoms with Crippen LogP contribution < -0.4 is 11.1 Å². The van der Waals surface area contributed by atoms with E-state index < -0.39 is 10.8 Å². The minimum absolute atomic E-state index is 0.0778.